The van der Waals surface area contributed by atoms with E-state index in [1.54, 1.807) is 0 Å². The maximum atomic E-state index is 5.39. The largest absolute Gasteiger partial charge is 0.378 e. The highest BCUT2D eigenvalue weighted by Gasteiger charge is 2.14. The van der Waals surface area contributed by atoms with Crippen molar-refractivity contribution in [3.8, 4) is 0 Å². The Labute approximate surface area is 150 Å². The van der Waals surface area contributed by atoms with Crippen LogP contribution in [0, 0.1) is 17.8 Å². The summed E-state index contributed by atoms with van der Waals surface area (Å²) in [5.74, 6) is 2.39. The Morgan fingerprint density at radius 1 is 0.417 bits per heavy atom. The molecule has 144 valence electrons. The van der Waals surface area contributed by atoms with Gasteiger partial charge in [0, 0.05) is 19.8 Å². The van der Waals surface area contributed by atoms with Crippen LogP contribution in [0.25, 0.3) is 0 Å². The number of hydrogen-bond acceptors (Lipinski definition) is 3. The zero-order chi connectivity index (χ0) is 17.9. The van der Waals surface area contributed by atoms with Crippen LogP contribution in [0.1, 0.15) is 80.1 Å². The van der Waals surface area contributed by atoms with Crippen molar-refractivity contribution in [2.45, 2.75) is 98.4 Å². The summed E-state index contributed by atoms with van der Waals surface area (Å²) in [6, 6.07) is 0. The van der Waals surface area contributed by atoms with E-state index < -0.39 is 0 Å². The van der Waals surface area contributed by atoms with Gasteiger partial charge in [0.05, 0.1) is 18.3 Å². The zero-order valence-electron chi connectivity index (χ0n) is 17.1. The average Bonchev–Trinajstić information content (AvgIpc) is 2.57. The highest BCUT2D eigenvalue weighted by atomic mass is 16.5. The minimum atomic E-state index is 0.520. The van der Waals surface area contributed by atoms with E-state index in [4.69, 9.17) is 14.2 Å². The third-order valence-corrected chi connectivity index (χ3v) is 5.19. The molecule has 0 aromatic carbocycles. The van der Waals surface area contributed by atoms with Crippen LogP contribution in [-0.2, 0) is 14.2 Å². The highest BCUT2D eigenvalue weighted by Crippen LogP contribution is 2.18. The molecule has 0 aromatic heterocycles. The van der Waals surface area contributed by atoms with Crippen LogP contribution in [0.3, 0.4) is 0 Å². The first-order valence-electron chi connectivity index (χ1n) is 10.2. The monoisotopic (exact) mass is 342 g/mol. The van der Waals surface area contributed by atoms with Gasteiger partial charge in [-0.1, -0.05) is 20.8 Å². The van der Waals surface area contributed by atoms with Crippen molar-refractivity contribution in [1.82, 2.24) is 0 Å². The van der Waals surface area contributed by atoms with Crippen LogP contribution in [-0.4, -0.2) is 38.1 Å². The molecule has 0 radical (unpaired) electrons. The maximum absolute atomic E-state index is 5.39. The van der Waals surface area contributed by atoms with Gasteiger partial charge >= 0.3 is 0 Å². The van der Waals surface area contributed by atoms with E-state index in [2.05, 4.69) is 41.5 Å². The van der Waals surface area contributed by atoms with Crippen LogP contribution in [0.4, 0.5) is 0 Å². The van der Waals surface area contributed by atoms with Crippen molar-refractivity contribution in [2.24, 2.45) is 17.8 Å². The molecule has 3 saturated heterocycles. The van der Waals surface area contributed by atoms with Gasteiger partial charge in [-0.15, -0.1) is 0 Å². The van der Waals surface area contributed by atoms with Gasteiger partial charge in [0.2, 0.25) is 0 Å². The lowest BCUT2D eigenvalue weighted by Crippen LogP contribution is -2.21. The lowest BCUT2D eigenvalue weighted by atomic mass is 10.0. The molecule has 0 aromatic rings. The molecule has 3 fully saturated rings. The molecule has 6 unspecified atom stereocenters. The number of ether oxygens (including phenoxy) is 3. The van der Waals surface area contributed by atoms with Gasteiger partial charge in [0.25, 0.3) is 0 Å². The minimum absolute atomic E-state index is 0.520. The van der Waals surface area contributed by atoms with Crippen LogP contribution in [0.2, 0.25) is 0 Å². The van der Waals surface area contributed by atoms with Gasteiger partial charge in [-0.3, -0.25) is 0 Å². The maximum Gasteiger partial charge on any atom is 0.0547 e. The van der Waals surface area contributed by atoms with E-state index in [1.807, 2.05) is 0 Å². The first-order chi connectivity index (χ1) is 11.4. The van der Waals surface area contributed by atoms with E-state index >= 15 is 0 Å². The molecule has 3 rings (SSSR count). The summed E-state index contributed by atoms with van der Waals surface area (Å²) in [6.45, 7) is 16.1. The van der Waals surface area contributed by atoms with Crippen molar-refractivity contribution in [2.75, 3.05) is 19.8 Å². The molecule has 0 saturated carbocycles. The van der Waals surface area contributed by atoms with Gasteiger partial charge in [0.1, 0.15) is 0 Å². The minimum Gasteiger partial charge on any atom is -0.378 e. The molecule has 0 aliphatic carbocycles. The Morgan fingerprint density at radius 2 is 0.667 bits per heavy atom. The molecule has 3 heterocycles. The molecule has 3 heteroatoms. The predicted molar refractivity (Wildman–Crippen MR) is 101 cm³/mol. The Bertz CT molecular complexity index is 206. The smallest absolute Gasteiger partial charge is 0.0547 e. The Hall–Kier alpha value is -0.120. The summed E-state index contributed by atoms with van der Waals surface area (Å²) in [6.07, 6.45) is 9.36. The number of hydrogen-bond donors (Lipinski definition) is 0. The van der Waals surface area contributed by atoms with E-state index in [9.17, 15) is 0 Å². The first kappa shape index (κ1) is 21.9. The quantitative estimate of drug-likeness (QED) is 0.584. The second-order valence-corrected chi connectivity index (χ2v) is 8.48. The molecular formula is C21H42O3. The fourth-order valence-corrected chi connectivity index (χ4v) is 3.04. The van der Waals surface area contributed by atoms with Crippen LogP contribution < -0.4 is 0 Å². The molecule has 3 aliphatic rings. The zero-order valence-corrected chi connectivity index (χ0v) is 17.1. The summed E-state index contributed by atoms with van der Waals surface area (Å²) in [5, 5.41) is 0. The predicted octanol–water partition coefficient (Wildman–Crippen LogP) is 5.46. The topological polar surface area (TPSA) is 27.7 Å². The molecule has 3 nitrogen and oxygen atoms in total. The van der Waals surface area contributed by atoms with Crippen molar-refractivity contribution >= 4 is 0 Å². The molecule has 0 amide bonds. The first-order valence-corrected chi connectivity index (χ1v) is 10.2. The molecule has 24 heavy (non-hydrogen) atoms. The van der Waals surface area contributed by atoms with E-state index in [1.165, 1.54) is 38.5 Å². The third-order valence-electron chi connectivity index (χ3n) is 5.19. The second-order valence-electron chi connectivity index (χ2n) is 8.48. The number of rotatable bonds is 0. The Balaban J connectivity index is 0.000000180. The normalized spacial score (nSPS) is 39.8. The van der Waals surface area contributed by atoms with Gasteiger partial charge in [-0.2, -0.15) is 0 Å². The molecule has 6 atom stereocenters. The SMILES string of the molecule is CC1CCC(C)OC1.CC1CCC(C)OC1.CC1CCC(C)OC1. The summed E-state index contributed by atoms with van der Waals surface area (Å²) in [5.41, 5.74) is 0. The Morgan fingerprint density at radius 3 is 0.792 bits per heavy atom. The summed E-state index contributed by atoms with van der Waals surface area (Å²) < 4.78 is 16.2. The molecule has 3 aliphatic heterocycles. The van der Waals surface area contributed by atoms with Crippen molar-refractivity contribution in [3.63, 3.8) is 0 Å². The Kier molecular flexibility index (Phi) is 11.2. The third kappa shape index (κ3) is 10.7. The lowest BCUT2D eigenvalue weighted by molar-refractivity contribution is 0.000174. The van der Waals surface area contributed by atoms with Gasteiger partial charge in [-0.05, 0) is 77.0 Å². The van der Waals surface area contributed by atoms with Gasteiger partial charge in [0.15, 0.2) is 0 Å². The molecule has 0 N–H and O–H groups in total. The van der Waals surface area contributed by atoms with Gasteiger partial charge < -0.3 is 14.2 Å². The second kappa shape index (κ2) is 12.3. The van der Waals surface area contributed by atoms with Crippen molar-refractivity contribution in [3.05, 3.63) is 0 Å². The average molecular weight is 343 g/mol. The van der Waals surface area contributed by atoms with E-state index in [-0.39, 0.29) is 0 Å². The standard InChI is InChI=1S/3C7H14O/c3*1-6-3-4-7(2)8-5-6/h3*6-7H,3-5H2,1-2H3. The summed E-state index contributed by atoms with van der Waals surface area (Å²) in [4.78, 5) is 0. The van der Waals surface area contributed by atoms with Crippen molar-refractivity contribution in [1.29, 1.82) is 0 Å². The molecular weight excluding hydrogens is 300 g/mol. The van der Waals surface area contributed by atoms with Crippen LogP contribution in [0.15, 0.2) is 0 Å². The molecule has 0 bridgehead atoms. The van der Waals surface area contributed by atoms with E-state index in [0.29, 0.717) is 18.3 Å². The van der Waals surface area contributed by atoms with E-state index in [0.717, 1.165) is 37.6 Å². The fraction of sp³-hybridized carbons (Fsp3) is 1.00. The fourth-order valence-electron chi connectivity index (χ4n) is 3.04. The highest BCUT2D eigenvalue weighted by molar-refractivity contribution is 4.64. The van der Waals surface area contributed by atoms with Crippen molar-refractivity contribution < 1.29 is 14.2 Å². The summed E-state index contributed by atoms with van der Waals surface area (Å²) >= 11 is 0. The molecule has 0 spiro atoms. The lowest BCUT2D eigenvalue weighted by Gasteiger charge is -2.23. The van der Waals surface area contributed by atoms with Crippen LogP contribution >= 0.6 is 0 Å². The summed E-state index contributed by atoms with van der Waals surface area (Å²) in [7, 11) is 0. The van der Waals surface area contributed by atoms with Crippen LogP contribution in [0.5, 0.6) is 0 Å². The van der Waals surface area contributed by atoms with Gasteiger partial charge in [-0.25, -0.2) is 0 Å².